The summed E-state index contributed by atoms with van der Waals surface area (Å²) in [6.07, 6.45) is -6.45. The number of aryl methyl sites for hydroxylation is 1. The van der Waals surface area contributed by atoms with Gasteiger partial charge in [0.05, 0.1) is 60.0 Å². The fraction of sp³-hybridized carbons (Fsp3) is 0.283. The second-order valence-electron chi connectivity index (χ2n) is 13.2. The van der Waals surface area contributed by atoms with Gasteiger partial charge in [-0.25, -0.2) is 0 Å². The number of ketones is 1. The number of methoxy groups -OCH3 is 1. The highest BCUT2D eigenvalue weighted by Gasteiger charge is 2.73. The molecule has 4 rings (SSSR count). The Morgan fingerprint density at radius 1 is 0.559 bits per heavy atom. The summed E-state index contributed by atoms with van der Waals surface area (Å²) >= 11 is 0. The van der Waals surface area contributed by atoms with Crippen LogP contribution >= 0.6 is 0 Å². The zero-order valence-corrected chi connectivity index (χ0v) is 32.8. The molecule has 0 bridgehead atoms. The number of carbonyl (C=O) groups is 1. The number of alkyl halides is 6. The summed E-state index contributed by atoms with van der Waals surface area (Å²) < 4.78 is 129. The zero-order valence-electron chi connectivity index (χ0n) is 32.8. The summed E-state index contributed by atoms with van der Waals surface area (Å²) in [5.74, 6) is -0.246. The van der Waals surface area contributed by atoms with E-state index in [1.807, 2.05) is 6.92 Å². The van der Waals surface area contributed by atoms with Crippen molar-refractivity contribution in [2.24, 2.45) is 0 Å². The molecule has 13 heteroatoms. The lowest BCUT2D eigenvalue weighted by atomic mass is 9.71. The lowest BCUT2D eigenvalue weighted by Gasteiger charge is -2.39. The van der Waals surface area contributed by atoms with Crippen LogP contribution in [0.1, 0.15) is 54.9 Å². The van der Waals surface area contributed by atoms with Gasteiger partial charge in [-0.15, -0.1) is 26.3 Å². The van der Waals surface area contributed by atoms with Crippen molar-refractivity contribution in [3.63, 3.8) is 0 Å². The van der Waals surface area contributed by atoms with Gasteiger partial charge in [-0.1, -0.05) is 54.1 Å². The maximum atomic E-state index is 15.9. The van der Waals surface area contributed by atoms with E-state index in [1.54, 1.807) is 24.3 Å². The van der Waals surface area contributed by atoms with Gasteiger partial charge < -0.3 is 28.4 Å². The molecule has 4 aromatic rings. The predicted molar refractivity (Wildman–Crippen MR) is 213 cm³/mol. The van der Waals surface area contributed by atoms with Crippen molar-refractivity contribution >= 4 is 5.78 Å². The normalized spacial score (nSPS) is 11.9. The number of rotatable bonds is 23. The minimum absolute atomic E-state index is 0.00696. The molecule has 0 fully saturated rings. The average Bonchev–Trinajstić information content (AvgIpc) is 3.19. The van der Waals surface area contributed by atoms with Gasteiger partial charge in [0.25, 0.3) is 0 Å². The Balaban J connectivity index is 2.01. The molecule has 0 aromatic heterocycles. The summed E-state index contributed by atoms with van der Waals surface area (Å²) in [5.41, 5.74) is -5.72. The van der Waals surface area contributed by atoms with E-state index in [4.69, 9.17) is 28.4 Å². The number of halogens is 6. The third-order valence-corrected chi connectivity index (χ3v) is 9.03. The molecule has 0 heterocycles. The van der Waals surface area contributed by atoms with E-state index < -0.39 is 55.3 Å². The minimum atomic E-state index is -5.99. The third kappa shape index (κ3) is 11.0. The van der Waals surface area contributed by atoms with E-state index in [9.17, 15) is 4.79 Å². The molecule has 0 aliphatic carbocycles. The Hall–Kier alpha value is -5.47. The van der Waals surface area contributed by atoms with Crippen LogP contribution in [-0.2, 0) is 50.8 Å². The van der Waals surface area contributed by atoms with Gasteiger partial charge in [0.1, 0.15) is 17.2 Å². The van der Waals surface area contributed by atoms with Gasteiger partial charge in [-0.05, 0) is 66.6 Å². The Morgan fingerprint density at radius 3 is 1.22 bits per heavy atom. The van der Waals surface area contributed by atoms with Crippen molar-refractivity contribution in [3.05, 3.63) is 173 Å². The van der Waals surface area contributed by atoms with E-state index in [0.29, 0.717) is 11.1 Å². The van der Waals surface area contributed by atoms with Gasteiger partial charge in [0, 0.05) is 33.4 Å². The van der Waals surface area contributed by atoms with E-state index in [-0.39, 0.29) is 71.7 Å². The Labute approximate surface area is 340 Å². The Kier molecular flexibility index (Phi) is 16.4. The molecule has 7 nitrogen and oxygen atoms in total. The standard InChI is InChI=1S/C46H46F6O7/c1-7-19-55-27-34-23-38(24-35(42(34)54-6)28-56-20-8-2)44(45(47,48)49,46(50,51)52)39-25-36(29-57-21-9-3)43(37(26-39)30-58-22-10-4)59-40-17-15-33(16-18-40)41(53)32-13-11-31(5)12-14-32/h7-18,23-26H,1-4,19-22,27-30H2,5-6H3. The molecule has 0 aliphatic rings. The molecule has 0 aliphatic heterocycles. The number of benzene rings is 4. The number of hydrogen-bond acceptors (Lipinski definition) is 7. The van der Waals surface area contributed by atoms with Crippen LogP contribution in [0.4, 0.5) is 26.3 Å². The summed E-state index contributed by atoms with van der Waals surface area (Å²) in [6, 6.07) is 16.0. The van der Waals surface area contributed by atoms with Crippen molar-refractivity contribution in [1.29, 1.82) is 0 Å². The first-order valence-electron chi connectivity index (χ1n) is 18.3. The van der Waals surface area contributed by atoms with Crippen LogP contribution in [0, 0.1) is 6.92 Å². The number of carbonyl (C=O) groups excluding carboxylic acids is 1. The molecule has 0 spiro atoms. The molecule has 314 valence electrons. The summed E-state index contributed by atoms with van der Waals surface area (Å²) in [6.45, 7) is 14.1. The molecule has 4 aromatic carbocycles. The van der Waals surface area contributed by atoms with Crippen LogP contribution in [0.25, 0.3) is 0 Å². The molecule has 59 heavy (non-hydrogen) atoms. The van der Waals surface area contributed by atoms with Crippen molar-refractivity contribution in [1.82, 2.24) is 0 Å². The van der Waals surface area contributed by atoms with Crippen molar-refractivity contribution in [2.75, 3.05) is 33.5 Å². The molecule has 0 saturated heterocycles. The fourth-order valence-corrected chi connectivity index (χ4v) is 6.42. The lowest BCUT2D eigenvalue weighted by molar-refractivity contribution is -0.288. The smallest absolute Gasteiger partial charge is 0.411 e. The molecule has 0 atom stereocenters. The quantitative estimate of drug-likeness (QED) is 0.0319. The Bertz CT molecular complexity index is 1990. The maximum Gasteiger partial charge on any atom is 0.411 e. The van der Waals surface area contributed by atoms with Gasteiger partial charge in [-0.3, -0.25) is 4.79 Å². The van der Waals surface area contributed by atoms with Crippen LogP contribution < -0.4 is 9.47 Å². The highest BCUT2D eigenvalue weighted by atomic mass is 19.4. The topological polar surface area (TPSA) is 72.5 Å². The molecule has 0 N–H and O–H groups in total. The van der Waals surface area contributed by atoms with E-state index >= 15 is 26.3 Å². The molecule has 0 unspecified atom stereocenters. The van der Waals surface area contributed by atoms with Crippen LogP contribution in [0.3, 0.4) is 0 Å². The number of hydrogen-bond donors (Lipinski definition) is 0. The third-order valence-electron chi connectivity index (χ3n) is 9.03. The largest absolute Gasteiger partial charge is 0.496 e. The van der Waals surface area contributed by atoms with E-state index in [1.165, 1.54) is 55.7 Å². The van der Waals surface area contributed by atoms with E-state index in [2.05, 4.69) is 26.3 Å². The van der Waals surface area contributed by atoms with Crippen LogP contribution in [0.5, 0.6) is 17.2 Å². The molecule has 0 saturated carbocycles. The minimum Gasteiger partial charge on any atom is -0.496 e. The van der Waals surface area contributed by atoms with Crippen LogP contribution in [0.15, 0.2) is 123 Å². The molecule has 0 amide bonds. The zero-order chi connectivity index (χ0) is 43.2. The first-order chi connectivity index (χ1) is 28.2. The first-order valence-corrected chi connectivity index (χ1v) is 18.3. The van der Waals surface area contributed by atoms with Gasteiger partial charge in [0.15, 0.2) is 5.78 Å². The molecular weight excluding hydrogens is 778 g/mol. The first kappa shape index (κ1) is 46.2. The molecular formula is C46H46F6O7. The summed E-state index contributed by atoms with van der Waals surface area (Å²) in [5, 5.41) is 0. The number of ether oxygens (including phenoxy) is 6. The lowest BCUT2D eigenvalue weighted by Crippen LogP contribution is -2.55. The summed E-state index contributed by atoms with van der Waals surface area (Å²) in [7, 11) is 1.24. The maximum absolute atomic E-state index is 15.9. The second kappa shape index (κ2) is 21.0. The van der Waals surface area contributed by atoms with Crippen LogP contribution in [0.2, 0.25) is 0 Å². The van der Waals surface area contributed by atoms with Gasteiger partial charge in [0.2, 0.25) is 5.41 Å². The van der Waals surface area contributed by atoms with E-state index in [0.717, 1.165) is 29.8 Å². The fourth-order valence-electron chi connectivity index (χ4n) is 6.42. The SMILES string of the molecule is C=CCOCc1cc(C(c2cc(COCC=C)c(Oc3ccc(C(=O)c4ccc(C)cc4)cc3)c(COCC=C)c2)(C(F)(F)F)C(F)(F)F)cc(COCC=C)c1OC. The monoisotopic (exact) mass is 824 g/mol. The van der Waals surface area contributed by atoms with Crippen LogP contribution in [-0.4, -0.2) is 51.7 Å². The average molecular weight is 825 g/mol. The van der Waals surface area contributed by atoms with Crippen molar-refractivity contribution in [3.8, 4) is 17.2 Å². The van der Waals surface area contributed by atoms with Crippen molar-refractivity contribution in [2.45, 2.75) is 51.1 Å². The highest BCUT2D eigenvalue weighted by Crippen LogP contribution is 2.58. The summed E-state index contributed by atoms with van der Waals surface area (Å²) in [4.78, 5) is 13.1. The Morgan fingerprint density at radius 2 is 0.898 bits per heavy atom. The van der Waals surface area contributed by atoms with Gasteiger partial charge in [-0.2, -0.15) is 26.3 Å². The highest BCUT2D eigenvalue weighted by molar-refractivity contribution is 6.09. The van der Waals surface area contributed by atoms with Gasteiger partial charge >= 0.3 is 12.4 Å². The predicted octanol–water partition coefficient (Wildman–Crippen LogP) is 11.2. The molecule has 0 radical (unpaired) electrons. The second-order valence-corrected chi connectivity index (χ2v) is 13.2. The van der Waals surface area contributed by atoms with Crippen molar-refractivity contribution < 1.29 is 59.6 Å².